The first-order valence-corrected chi connectivity index (χ1v) is 4.96. The van der Waals surface area contributed by atoms with Gasteiger partial charge in [0.15, 0.2) is 0 Å². The zero-order valence-electron chi connectivity index (χ0n) is 9.21. The van der Waals surface area contributed by atoms with Crippen molar-refractivity contribution in [3.63, 3.8) is 0 Å². The molecule has 0 amide bonds. The fourth-order valence-corrected chi connectivity index (χ4v) is 3.90. The molecule has 2 aliphatic carbocycles. The maximum atomic E-state index is 2.41. The van der Waals surface area contributed by atoms with Crippen molar-refractivity contribution < 1.29 is 0 Å². The molecule has 2 aliphatic rings. The second-order valence-corrected chi connectivity index (χ2v) is 5.97. The second-order valence-electron chi connectivity index (χ2n) is 5.97. The van der Waals surface area contributed by atoms with Gasteiger partial charge in [-0.3, -0.25) is 0 Å². The molecule has 0 N–H and O–H groups in total. The normalized spacial score (nSPS) is 40.0. The van der Waals surface area contributed by atoms with Crippen LogP contribution in [-0.4, -0.2) is 0 Å². The van der Waals surface area contributed by atoms with E-state index < -0.39 is 0 Å². The molecule has 0 nitrogen and oxygen atoms in total. The fraction of sp³-hybridized carbons (Fsp3) is 0.833. The minimum Gasteiger partial charge on any atom is -0.0760 e. The first-order valence-electron chi connectivity index (χ1n) is 4.96. The Morgan fingerprint density at radius 2 is 1.50 bits per heavy atom. The molecule has 0 aromatic rings. The number of allylic oxidation sites excluding steroid dienone is 2. The Bertz CT molecular complexity index is 274. The molecule has 0 aromatic carbocycles. The SMILES string of the molecule is CC(C)=C1C(C)(C)C12CC2(C)C. The van der Waals surface area contributed by atoms with Crippen LogP contribution in [0.5, 0.6) is 0 Å². The van der Waals surface area contributed by atoms with Crippen LogP contribution in [0.25, 0.3) is 0 Å². The molecule has 0 aromatic heterocycles. The first kappa shape index (κ1) is 8.34. The van der Waals surface area contributed by atoms with E-state index in [2.05, 4.69) is 41.5 Å². The lowest BCUT2D eigenvalue weighted by atomic mass is 10.0. The summed E-state index contributed by atoms with van der Waals surface area (Å²) in [6, 6.07) is 0. The van der Waals surface area contributed by atoms with Crippen LogP contribution >= 0.6 is 0 Å². The third-order valence-electron chi connectivity index (χ3n) is 4.29. The highest BCUT2D eigenvalue weighted by Crippen LogP contribution is 2.90. The highest BCUT2D eigenvalue weighted by molar-refractivity contribution is 5.56. The maximum absolute atomic E-state index is 2.41. The van der Waals surface area contributed by atoms with Crippen molar-refractivity contribution >= 4 is 0 Å². The van der Waals surface area contributed by atoms with Crippen LogP contribution in [0, 0.1) is 16.2 Å². The Hall–Kier alpha value is -0.260. The molecule has 12 heavy (non-hydrogen) atoms. The van der Waals surface area contributed by atoms with Gasteiger partial charge in [-0.15, -0.1) is 0 Å². The lowest BCUT2D eigenvalue weighted by Gasteiger charge is -2.02. The Labute approximate surface area is 76.1 Å². The third kappa shape index (κ3) is 0.582. The molecule has 0 heteroatoms. The van der Waals surface area contributed by atoms with Gasteiger partial charge in [-0.25, -0.2) is 0 Å². The second kappa shape index (κ2) is 1.66. The van der Waals surface area contributed by atoms with Gasteiger partial charge < -0.3 is 0 Å². The van der Waals surface area contributed by atoms with Crippen molar-refractivity contribution in [3.05, 3.63) is 11.1 Å². The van der Waals surface area contributed by atoms with Crippen LogP contribution in [0.3, 0.4) is 0 Å². The summed E-state index contributed by atoms with van der Waals surface area (Å²) in [6.07, 6.45) is 1.41. The lowest BCUT2D eigenvalue weighted by Crippen LogP contribution is -1.96. The van der Waals surface area contributed by atoms with E-state index in [1.807, 2.05) is 0 Å². The smallest absolute Gasteiger partial charge is 0.00654 e. The summed E-state index contributed by atoms with van der Waals surface area (Å²) in [4.78, 5) is 0. The van der Waals surface area contributed by atoms with Gasteiger partial charge in [0.05, 0.1) is 0 Å². The Morgan fingerprint density at radius 3 is 1.58 bits per heavy atom. The van der Waals surface area contributed by atoms with Crippen molar-refractivity contribution in [2.45, 2.75) is 48.0 Å². The molecule has 2 saturated carbocycles. The van der Waals surface area contributed by atoms with E-state index in [9.17, 15) is 0 Å². The predicted molar refractivity (Wildman–Crippen MR) is 53.0 cm³/mol. The van der Waals surface area contributed by atoms with E-state index in [0.29, 0.717) is 16.2 Å². The summed E-state index contributed by atoms with van der Waals surface area (Å²) < 4.78 is 0. The van der Waals surface area contributed by atoms with Gasteiger partial charge in [0.1, 0.15) is 0 Å². The Balaban J connectivity index is 2.43. The number of hydrogen-bond acceptors (Lipinski definition) is 0. The molecule has 0 heterocycles. The molecule has 0 aliphatic heterocycles. The molecule has 1 atom stereocenters. The van der Waals surface area contributed by atoms with E-state index in [0.717, 1.165) is 0 Å². The molecule has 2 fully saturated rings. The van der Waals surface area contributed by atoms with Crippen LogP contribution in [-0.2, 0) is 0 Å². The van der Waals surface area contributed by atoms with Gasteiger partial charge >= 0.3 is 0 Å². The summed E-state index contributed by atoms with van der Waals surface area (Å²) in [5.41, 5.74) is 5.02. The zero-order chi connectivity index (χ0) is 9.36. The molecular formula is C12H20. The molecular weight excluding hydrogens is 144 g/mol. The van der Waals surface area contributed by atoms with E-state index in [4.69, 9.17) is 0 Å². The molecule has 1 unspecified atom stereocenters. The molecule has 68 valence electrons. The van der Waals surface area contributed by atoms with Gasteiger partial charge in [0, 0.05) is 5.41 Å². The molecule has 0 saturated heterocycles. The summed E-state index contributed by atoms with van der Waals surface area (Å²) in [7, 11) is 0. The van der Waals surface area contributed by atoms with E-state index in [-0.39, 0.29) is 0 Å². The third-order valence-corrected chi connectivity index (χ3v) is 4.29. The Morgan fingerprint density at radius 1 is 1.08 bits per heavy atom. The first-order chi connectivity index (χ1) is 5.27. The van der Waals surface area contributed by atoms with E-state index in [1.54, 1.807) is 11.1 Å². The van der Waals surface area contributed by atoms with E-state index in [1.165, 1.54) is 6.42 Å². The molecule has 0 radical (unpaired) electrons. The van der Waals surface area contributed by atoms with Crippen molar-refractivity contribution in [2.75, 3.05) is 0 Å². The largest absolute Gasteiger partial charge is 0.0760 e. The van der Waals surface area contributed by atoms with Crippen molar-refractivity contribution in [2.24, 2.45) is 16.2 Å². The summed E-state index contributed by atoms with van der Waals surface area (Å²) in [6.45, 7) is 14.2. The van der Waals surface area contributed by atoms with Gasteiger partial charge in [-0.2, -0.15) is 0 Å². The maximum Gasteiger partial charge on any atom is 0.00654 e. The summed E-state index contributed by atoms with van der Waals surface area (Å²) in [5.74, 6) is 0. The average molecular weight is 164 g/mol. The minimum atomic E-state index is 0.509. The van der Waals surface area contributed by atoms with Crippen molar-refractivity contribution in [1.82, 2.24) is 0 Å². The summed E-state index contributed by atoms with van der Waals surface area (Å²) >= 11 is 0. The van der Waals surface area contributed by atoms with Gasteiger partial charge in [0.2, 0.25) is 0 Å². The van der Waals surface area contributed by atoms with Crippen molar-refractivity contribution in [3.8, 4) is 0 Å². The lowest BCUT2D eigenvalue weighted by molar-refractivity contribution is 0.451. The monoisotopic (exact) mass is 164 g/mol. The quantitative estimate of drug-likeness (QED) is 0.478. The highest BCUT2D eigenvalue weighted by Gasteiger charge is 2.83. The zero-order valence-corrected chi connectivity index (χ0v) is 9.21. The number of rotatable bonds is 0. The van der Waals surface area contributed by atoms with Crippen LogP contribution in [0.2, 0.25) is 0 Å². The topological polar surface area (TPSA) is 0 Å². The number of hydrogen-bond donors (Lipinski definition) is 0. The fourth-order valence-electron chi connectivity index (χ4n) is 3.90. The van der Waals surface area contributed by atoms with Crippen LogP contribution in [0.1, 0.15) is 48.0 Å². The predicted octanol–water partition coefficient (Wildman–Crippen LogP) is 3.78. The van der Waals surface area contributed by atoms with Crippen LogP contribution in [0.15, 0.2) is 11.1 Å². The van der Waals surface area contributed by atoms with Crippen LogP contribution in [0.4, 0.5) is 0 Å². The van der Waals surface area contributed by atoms with Gasteiger partial charge in [0.25, 0.3) is 0 Å². The van der Waals surface area contributed by atoms with E-state index >= 15 is 0 Å². The summed E-state index contributed by atoms with van der Waals surface area (Å²) in [5, 5.41) is 0. The molecule has 0 bridgehead atoms. The minimum absolute atomic E-state index is 0.509. The van der Waals surface area contributed by atoms with Crippen molar-refractivity contribution in [1.29, 1.82) is 0 Å². The van der Waals surface area contributed by atoms with Gasteiger partial charge in [-0.1, -0.05) is 38.8 Å². The standard InChI is InChI=1S/C12H20/c1-8(2)9-11(5,6)12(9)7-10(12,3)4/h7H2,1-6H3. The molecule has 1 spiro atoms. The van der Waals surface area contributed by atoms with Gasteiger partial charge in [-0.05, 0) is 31.1 Å². The molecule has 2 rings (SSSR count). The van der Waals surface area contributed by atoms with Crippen LogP contribution < -0.4 is 0 Å². The Kier molecular flexibility index (Phi) is 1.16. The average Bonchev–Trinajstić information content (AvgIpc) is 2.47. The highest BCUT2D eigenvalue weighted by atomic mass is 14.9.